The number of hydrogen-bond donors (Lipinski definition) is 1. The third-order valence-electron chi connectivity index (χ3n) is 3.64. The first-order chi connectivity index (χ1) is 9.25. The van der Waals surface area contributed by atoms with Gasteiger partial charge in [-0.25, -0.2) is 0 Å². The molecule has 1 fully saturated rings. The molecule has 0 bridgehead atoms. The largest absolute Gasteiger partial charge is 0.385 e. The maximum absolute atomic E-state index is 12.1. The maximum atomic E-state index is 12.1. The minimum atomic E-state index is 0.294. The topological polar surface area (TPSA) is 32.3 Å². The Kier molecular flexibility index (Phi) is 5.25. The Bertz CT molecular complexity index is 409. The fourth-order valence-corrected chi connectivity index (χ4v) is 2.55. The number of nitrogens with one attached hydrogen (secondary N) is 1. The van der Waals surface area contributed by atoms with Gasteiger partial charge in [0.15, 0.2) is 0 Å². The van der Waals surface area contributed by atoms with E-state index in [1.807, 2.05) is 17.0 Å². The summed E-state index contributed by atoms with van der Waals surface area (Å²) in [5, 5.41) is 3.32. The molecule has 0 atom stereocenters. The van der Waals surface area contributed by atoms with Gasteiger partial charge in [-0.15, -0.1) is 0 Å². The van der Waals surface area contributed by atoms with Crippen molar-refractivity contribution in [2.45, 2.75) is 39.0 Å². The van der Waals surface area contributed by atoms with E-state index in [1.165, 1.54) is 18.4 Å². The van der Waals surface area contributed by atoms with E-state index in [1.54, 1.807) is 0 Å². The molecule has 1 aromatic carbocycles. The van der Waals surface area contributed by atoms with Crippen molar-refractivity contribution in [2.24, 2.45) is 0 Å². The molecule has 0 unspecified atom stereocenters. The van der Waals surface area contributed by atoms with E-state index in [4.69, 9.17) is 0 Å². The van der Waals surface area contributed by atoms with Crippen molar-refractivity contribution in [3.63, 3.8) is 0 Å². The highest BCUT2D eigenvalue weighted by Crippen LogP contribution is 2.12. The van der Waals surface area contributed by atoms with E-state index in [2.05, 4.69) is 24.4 Å². The average Bonchev–Trinajstić information content (AvgIpc) is 2.67. The molecule has 0 spiro atoms. The van der Waals surface area contributed by atoms with Crippen LogP contribution in [0.5, 0.6) is 0 Å². The van der Waals surface area contributed by atoms with Crippen LogP contribution in [-0.2, 0) is 4.79 Å². The second-order valence-corrected chi connectivity index (χ2v) is 5.34. The Labute approximate surface area is 116 Å². The van der Waals surface area contributed by atoms with E-state index in [9.17, 15) is 4.79 Å². The zero-order chi connectivity index (χ0) is 13.5. The number of carbonyl (C=O) groups excluding carboxylic acids is 1. The molecule has 1 N–H and O–H groups in total. The van der Waals surface area contributed by atoms with Crippen molar-refractivity contribution in [1.82, 2.24) is 4.90 Å². The summed E-state index contributed by atoms with van der Waals surface area (Å²) in [5.74, 6) is 0.294. The van der Waals surface area contributed by atoms with Crippen molar-refractivity contribution < 1.29 is 4.79 Å². The van der Waals surface area contributed by atoms with Gasteiger partial charge < -0.3 is 10.2 Å². The molecule has 1 amide bonds. The Morgan fingerprint density at radius 3 is 2.63 bits per heavy atom. The predicted octanol–water partition coefficient (Wildman–Crippen LogP) is 3.20. The second-order valence-electron chi connectivity index (χ2n) is 5.34. The second kappa shape index (κ2) is 7.17. The van der Waals surface area contributed by atoms with Gasteiger partial charge in [0.25, 0.3) is 0 Å². The minimum absolute atomic E-state index is 0.294. The van der Waals surface area contributed by atoms with Crippen LogP contribution in [0.2, 0.25) is 0 Å². The number of hydrogen-bond acceptors (Lipinski definition) is 2. The van der Waals surface area contributed by atoms with Crippen LogP contribution < -0.4 is 5.32 Å². The summed E-state index contributed by atoms with van der Waals surface area (Å²) in [6, 6.07) is 8.27. The molecular formula is C16H24N2O. The zero-order valence-electron chi connectivity index (χ0n) is 11.8. The molecule has 3 nitrogen and oxygen atoms in total. The molecule has 1 aliphatic rings. The SMILES string of the molecule is Cc1cccc(NCCC(=O)N2CCCCCC2)c1. The molecule has 0 radical (unpaired) electrons. The molecule has 2 rings (SSSR count). The summed E-state index contributed by atoms with van der Waals surface area (Å²) in [4.78, 5) is 14.1. The van der Waals surface area contributed by atoms with Crippen molar-refractivity contribution in [3.8, 4) is 0 Å². The number of likely N-dealkylation sites (tertiary alicyclic amines) is 1. The van der Waals surface area contributed by atoms with E-state index < -0.39 is 0 Å². The summed E-state index contributed by atoms with van der Waals surface area (Å²) >= 11 is 0. The lowest BCUT2D eigenvalue weighted by molar-refractivity contribution is -0.130. The van der Waals surface area contributed by atoms with Gasteiger partial charge in [-0.05, 0) is 37.5 Å². The molecule has 1 saturated heterocycles. The molecule has 0 aromatic heterocycles. The number of nitrogens with zero attached hydrogens (tertiary/aromatic N) is 1. The monoisotopic (exact) mass is 260 g/mol. The van der Waals surface area contributed by atoms with Crippen LogP contribution in [0.15, 0.2) is 24.3 Å². The Hall–Kier alpha value is -1.51. The van der Waals surface area contributed by atoms with E-state index in [0.717, 1.165) is 38.2 Å². The summed E-state index contributed by atoms with van der Waals surface area (Å²) in [6.45, 7) is 4.69. The molecule has 104 valence electrons. The van der Waals surface area contributed by atoms with E-state index in [0.29, 0.717) is 12.3 Å². The Balaban J connectivity index is 1.74. The lowest BCUT2D eigenvalue weighted by atomic mass is 10.2. The lowest BCUT2D eigenvalue weighted by Crippen LogP contribution is -2.32. The standard InChI is InChI=1S/C16H24N2O/c1-14-7-6-8-15(13-14)17-10-9-16(19)18-11-4-2-3-5-12-18/h6-8,13,17H,2-5,9-12H2,1H3. The number of aryl methyl sites for hydroxylation is 1. The van der Waals surface area contributed by atoms with Crippen LogP contribution >= 0.6 is 0 Å². The fourth-order valence-electron chi connectivity index (χ4n) is 2.55. The molecule has 1 aliphatic heterocycles. The lowest BCUT2D eigenvalue weighted by Gasteiger charge is -2.20. The minimum Gasteiger partial charge on any atom is -0.385 e. The highest BCUT2D eigenvalue weighted by Gasteiger charge is 2.14. The zero-order valence-corrected chi connectivity index (χ0v) is 11.8. The van der Waals surface area contributed by atoms with Gasteiger partial charge in [0.2, 0.25) is 5.91 Å². The number of anilines is 1. The highest BCUT2D eigenvalue weighted by atomic mass is 16.2. The smallest absolute Gasteiger partial charge is 0.224 e. The average molecular weight is 260 g/mol. The molecule has 3 heteroatoms. The fraction of sp³-hybridized carbons (Fsp3) is 0.562. The summed E-state index contributed by atoms with van der Waals surface area (Å²) in [7, 11) is 0. The molecule has 19 heavy (non-hydrogen) atoms. The van der Waals surface area contributed by atoms with Crippen LogP contribution in [0.3, 0.4) is 0 Å². The maximum Gasteiger partial charge on any atom is 0.224 e. The number of benzene rings is 1. The third-order valence-corrected chi connectivity index (χ3v) is 3.64. The van der Waals surface area contributed by atoms with Crippen LogP contribution in [0.4, 0.5) is 5.69 Å². The summed E-state index contributed by atoms with van der Waals surface area (Å²) in [5.41, 5.74) is 2.34. The highest BCUT2D eigenvalue weighted by molar-refractivity contribution is 5.76. The van der Waals surface area contributed by atoms with Crippen LogP contribution in [-0.4, -0.2) is 30.4 Å². The first-order valence-electron chi connectivity index (χ1n) is 7.34. The van der Waals surface area contributed by atoms with Crippen molar-refractivity contribution in [3.05, 3.63) is 29.8 Å². The van der Waals surface area contributed by atoms with Gasteiger partial charge in [0.05, 0.1) is 0 Å². The van der Waals surface area contributed by atoms with Gasteiger partial charge in [0.1, 0.15) is 0 Å². The normalized spacial score (nSPS) is 15.9. The molecule has 1 heterocycles. The van der Waals surface area contributed by atoms with Gasteiger partial charge >= 0.3 is 0 Å². The first-order valence-corrected chi connectivity index (χ1v) is 7.34. The van der Waals surface area contributed by atoms with E-state index in [-0.39, 0.29) is 0 Å². The molecule has 0 aliphatic carbocycles. The van der Waals surface area contributed by atoms with Gasteiger partial charge in [-0.3, -0.25) is 4.79 Å². The predicted molar refractivity (Wildman–Crippen MR) is 79.3 cm³/mol. The van der Waals surface area contributed by atoms with Crippen molar-refractivity contribution in [2.75, 3.05) is 25.0 Å². The number of rotatable bonds is 4. The summed E-state index contributed by atoms with van der Waals surface area (Å²) in [6.07, 6.45) is 5.46. The van der Waals surface area contributed by atoms with Crippen LogP contribution in [0.1, 0.15) is 37.7 Å². The van der Waals surface area contributed by atoms with Gasteiger partial charge in [0, 0.05) is 31.7 Å². The van der Waals surface area contributed by atoms with Crippen LogP contribution in [0, 0.1) is 6.92 Å². The van der Waals surface area contributed by atoms with Crippen molar-refractivity contribution >= 4 is 11.6 Å². The number of carbonyl (C=O) groups is 1. The molecular weight excluding hydrogens is 236 g/mol. The van der Waals surface area contributed by atoms with Crippen LogP contribution in [0.25, 0.3) is 0 Å². The first kappa shape index (κ1) is 13.9. The molecule has 0 saturated carbocycles. The van der Waals surface area contributed by atoms with Gasteiger partial charge in [-0.2, -0.15) is 0 Å². The number of amides is 1. The quantitative estimate of drug-likeness (QED) is 0.901. The molecule has 1 aromatic rings. The summed E-state index contributed by atoms with van der Waals surface area (Å²) < 4.78 is 0. The Morgan fingerprint density at radius 2 is 1.95 bits per heavy atom. The third kappa shape index (κ3) is 4.58. The van der Waals surface area contributed by atoms with Gasteiger partial charge in [-0.1, -0.05) is 25.0 Å². The van der Waals surface area contributed by atoms with Crippen molar-refractivity contribution in [1.29, 1.82) is 0 Å². The Morgan fingerprint density at radius 1 is 1.21 bits per heavy atom. The van der Waals surface area contributed by atoms with E-state index >= 15 is 0 Å².